The predicted molar refractivity (Wildman–Crippen MR) is 79.5 cm³/mol. The van der Waals surface area contributed by atoms with Gasteiger partial charge in [0.1, 0.15) is 6.10 Å². The second kappa shape index (κ2) is 7.10. The second-order valence-corrected chi connectivity index (χ2v) is 4.85. The summed E-state index contributed by atoms with van der Waals surface area (Å²) in [6.45, 7) is 11.9. The molecule has 0 radical (unpaired) electrons. The Morgan fingerprint density at radius 2 is 1.95 bits per heavy atom. The zero-order valence-electron chi connectivity index (χ0n) is 12.2. The minimum atomic E-state index is -0.458. The highest BCUT2D eigenvalue weighted by Crippen LogP contribution is 2.22. The van der Waals surface area contributed by atoms with Gasteiger partial charge in [0.05, 0.1) is 6.61 Å². The Labute approximate surface area is 115 Å². The number of ether oxygens (including phenoxy) is 1. The lowest BCUT2D eigenvalue weighted by Gasteiger charge is -2.16. The number of carbonyl (C=O) groups excluding carboxylic acids is 1. The fourth-order valence-electron chi connectivity index (χ4n) is 2.01. The van der Waals surface area contributed by atoms with Gasteiger partial charge in [-0.1, -0.05) is 23.8 Å². The molecule has 3 nitrogen and oxygen atoms in total. The third-order valence-corrected chi connectivity index (χ3v) is 2.98. The molecule has 0 aliphatic carbocycles. The van der Waals surface area contributed by atoms with E-state index in [1.165, 1.54) is 5.56 Å². The lowest BCUT2D eigenvalue weighted by atomic mass is 10.0. The van der Waals surface area contributed by atoms with Crippen molar-refractivity contribution >= 4 is 11.6 Å². The van der Waals surface area contributed by atoms with Crippen LogP contribution in [0.2, 0.25) is 0 Å². The predicted octanol–water partition coefficient (Wildman–Crippen LogP) is 3.53. The summed E-state index contributed by atoms with van der Waals surface area (Å²) in [5.41, 5.74) is 4.23. The van der Waals surface area contributed by atoms with Crippen LogP contribution in [-0.4, -0.2) is 18.6 Å². The van der Waals surface area contributed by atoms with Crippen molar-refractivity contribution in [3.63, 3.8) is 0 Å². The number of anilines is 1. The van der Waals surface area contributed by atoms with E-state index in [1.54, 1.807) is 13.0 Å². The van der Waals surface area contributed by atoms with Crippen molar-refractivity contribution in [2.24, 2.45) is 0 Å². The summed E-state index contributed by atoms with van der Waals surface area (Å²) in [4.78, 5) is 12.0. The zero-order valence-corrected chi connectivity index (χ0v) is 12.2. The van der Waals surface area contributed by atoms with Crippen molar-refractivity contribution in [3.8, 4) is 0 Å². The number of hydrogen-bond donors (Lipinski definition) is 1. The van der Waals surface area contributed by atoms with Crippen molar-refractivity contribution < 1.29 is 9.53 Å². The third-order valence-electron chi connectivity index (χ3n) is 2.98. The Morgan fingerprint density at radius 1 is 1.37 bits per heavy atom. The molecule has 0 saturated carbocycles. The van der Waals surface area contributed by atoms with E-state index < -0.39 is 6.10 Å². The van der Waals surface area contributed by atoms with Crippen LogP contribution in [0, 0.1) is 20.8 Å². The van der Waals surface area contributed by atoms with Gasteiger partial charge in [-0.15, -0.1) is 6.58 Å². The normalized spacial score (nSPS) is 12.0. The molecule has 1 atom stereocenters. The molecule has 1 aromatic rings. The number of benzene rings is 1. The molecule has 1 N–H and O–H groups in total. The van der Waals surface area contributed by atoms with E-state index in [0.717, 1.165) is 23.2 Å². The lowest BCUT2D eigenvalue weighted by Crippen LogP contribution is -2.28. The Bertz CT molecular complexity index is 443. The molecule has 104 valence electrons. The Balaban J connectivity index is 2.69. The molecule has 1 amide bonds. The van der Waals surface area contributed by atoms with Gasteiger partial charge in [-0.3, -0.25) is 4.79 Å². The molecule has 0 fully saturated rings. The summed E-state index contributed by atoms with van der Waals surface area (Å²) in [6.07, 6.45) is 2.07. The molecule has 3 heteroatoms. The summed E-state index contributed by atoms with van der Waals surface area (Å²) < 4.78 is 5.44. The van der Waals surface area contributed by atoms with Crippen molar-refractivity contribution in [1.29, 1.82) is 0 Å². The molecule has 0 bridgehead atoms. The van der Waals surface area contributed by atoms with Gasteiger partial charge in [-0.2, -0.15) is 0 Å². The second-order valence-electron chi connectivity index (χ2n) is 4.85. The molecular weight excluding hydrogens is 238 g/mol. The quantitative estimate of drug-likeness (QED) is 0.628. The van der Waals surface area contributed by atoms with Crippen LogP contribution >= 0.6 is 0 Å². The number of nitrogens with one attached hydrogen (secondary N) is 1. The Kier molecular flexibility index (Phi) is 5.77. The molecular formula is C16H23NO2. The molecule has 1 rings (SSSR count). The first-order valence-electron chi connectivity index (χ1n) is 6.57. The van der Waals surface area contributed by atoms with Gasteiger partial charge in [0.25, 0.3) is 5.91 Å². The Morgan fingerprint density at radius 3 is 2.47 bits per heavy atom. The van der Waals surface area contributed by atoms with Crippen LogP contribution in [0.5, 0.6) is 0 Å². The molecule has 0 aliphatic heterocycles. The molecule has 19 heavy (non-hydrogen) atoms. The van der Waals surface area contributed by atoms with Gasteiger partial charge in [0.15, 0.2) is 0 Å². The highest BCUT2D eigenvalue weighted by molar-refractivity contribution is 5.95. The van der Waals surface area contributed by atoms with E-state index in [4.69, 9.17) is 4.74 Å². The number of amides is 1. The summed E-state index contributed by atoms with van der Waals surface area (Å²) in [5, 5.41) is 2.94. The number of hydrogen-bond acceptors (Lipinski definition) is 2. The van der Waals surface area contributed by atoms with Crippen molar-refractivity contribution in [2.45, 2.75) is 40.2 Å². The van der Waals surface area contributed by atoms with Gasteiger partial charge in [-0.05, 0) is 45.2 Å². The van der Waals surface area contributed by atoms with Crippen LogP contribution in [0.1, 0.15) is 30.0 Å². The fraction of sp³-hybridized carbons (Fsp3) is 0.438. The highest BCUT2D eigenvalue weighted by Gasteiger charge is 2.15. The maximum absolute atomic E-state index is 12.0. The summed E-state index contributed by atoms with van der Waals surface area (Å²) in [6, 6.07) is 4.12. The van der Waals surface area contributed by atoms with Crippen LogP contribution < -0.4 is 5.32 Å². The maximum atomic E-state index is 12.0. The van der Waals surface area contributed by atoms with Crippen molar-refractivity contribution in [3.05, 3.63) is 41.5 Å². The first kappa shape index (κ1) is 15.4. The molecule has 1 unspecified atom stereocenters. The van der Waals surface area contributed by atoms with Gasteiger partial charge in [-0.25, -0.2) is 0 Å². The van der Waals surface area contributed by atoms with Gasteiger partial charge < -0.3 is 10.1 Å². The van der Waals surface area contributed by atoms with Crippen LogP contribution in [0.4, 0.5) is 5.69 Å². The van der Waals surface area contributed by atoms with Crippen LogP contribution in [0.25, 0.3) is 0 Å². The average molecular weight is 261 g/mol. The number of carbonyl (C=O) groups is 1. The SMILES string of the molecule is C=CCCOC(C)C(=O)Nc1c(C)cc(C)cc1C. The summed E-state index contributed by atoms with van der Waals surface area (Å²) in [7, 11) is 0. The molecule has 0 spiro atoms. The third kappa shape index (κ3) is 4.52. The van der Waals surface area contributed by atoms with Gasteiger partial charge >= 0.3 is 0 Å². The molecule has 0 heterocycles. The van der Waals surface area contributed by atoms with Crippen LogP contribution in [0.15, 0.2) is 24.8 Å². The van der Waals surface area contributed by atoms with E-state index in [-0.39, 0.29) is 5.91 Å². The summed E-state index contributed by atoms with van der Waals surface area (Å²) >= 11 is 0. The smallest absolute Gasteiger partial charge is 0.253 e. The zero-order chi connectivity index (χ0) is 14.4. The minimum Gasteiger partial charge on any atom is -0.368 e. The topological polar surface area (TPSA) is 38.3 Å². The molecule has 1 aromatic carbocycles. The molecule has 0 aromatic heterocycles. The van der Waals surface area contributed by atoms with Crippen molar-refractivity contribution in [2.75, 3.05) is 11.9 Å². The lowest BCUT2D eigenvalue weighted by molar-refractivity contribution is -0.126. The van der Waals surface area contributed by atoms with Crippen LogP contribution in [0.3, 0.4) is 0 Å². The first-order chi connectivity index (χ1) is 8.95. The van der Waals surface area contributed by atoms with E-state index in [0.29, 0.717) is 6.61 Å². The van der Waals surface area contributed by atoms with Crippen molar-refractivity contribution in [1.82, 2.24) is 0 Å². The molecule has 0 saturated heterocycles. The maximum Gasteiger partial charge on any atom is 0.253 e. The fourth-order valence-corrected chi connectivity index (χ4v) is 2.01. The first-order valence-corrected chi connectivity index (χ1v) is 6.57. The number of aryl methyl sites for hydroxylation is 3. The largest absolute Gasteiger partial charge is 0.368 e. The summed E-state index contributed by atoms with van der Waals surface area (Å²) in [5.74, 6) is -0.112. The monoisotopic (exact) mass is 261 g/mol. The number of rotatable bonds is 6. The van der Waals surface area contributed by atoms with Gasteiger partial charge in [0, 0.05) is 5.69 Å². The van der Waals surface area contributed by atoms with E-state index >= 15 is 0 Å². The minimum absolute atomic E-state index is 0.112. The van der Waals surface area contributed by atoms with E-state index in [9.17, 15) is 4.79 Å². The standard InChI is InChI=1S/C16H23NO2/c1-6-7-8-19-14(5)16(18)17-15-12(3)9-11(2)10-13(15)4/h6,9-10,14H,1,7-8H2,2-5H3,(H,17,18). The van der Waals surface area contributed by atoms with Crippen LogP contribution in [-0.2, 0) is 9.53 Å². The highest BCUT2D eigenvalue weighted by atomic mass is 16.5. The molecule has 0 aliphatic rings. The van der Waals surface area contributed by atoms with E-state index in [1.807, 2.05) is 20.8 Å². The average Bonchev–Trinajstić information content (AvgIpc) is 2.33. The Hall–Kier alpha value is -1.61. The van der Waals surface area contributed by atoms with E-state index in [2.05, 4.69) is 24.0 Å². The van der Waals surface area contributed by atoms with Gasteiger partial charge in [0.2, 0.25) is 0 Å².